The molecular formula is C18H23NO. The summed E-state index contributed by atoms with van der Waals surface area (Å²) in [5.41, 5.74) is 1.35. The molecule has 1 saturated carbocycles. The molecule has 2 aromatic rings. The molecule has 2 nitrogen and oxygen atoms in total. The van der Waals surface area contributed by atoms with Crippen molar-refractivity contribution in [1.29, 1.82) is 0 Å². The number of rotatable bonds is 6. The van der Waals surface area contributed by atoms with Crippen LogP contribution in [0, 0.1) is 5.92 Å². The van der Waals surface area contributed by atoms with Gasteiger partial charge in [0.15, 0.2) is 0 Å². The molecule has 0 saturated heterocycles. The lowest BCUT2D eigenvalue weighted by Crippen LogP contribution is -2.25. The van der Waals surface area contributed by atoms with Gasteiger partial charge >= 0.3 is 0 Å². The number of hydrogen-bond acceptors (Lipinski definition) is 2. The molecular weight excluding hydrogens is 246 g/mol. The van der Waals surface area contributed by atoms with Crippen molar-refractivity contribution in [2.24, 2.45) is 5.92 Å². The third-order valence-corrected chi connectivity index (χ3v) is 4.15. The summed E-state index contributed by atoms with van der Waals surface area (Å²) in [5, 5.41) is 6.15. The van der Waals surface area contributed by atoms with Gasteiger partial charge < -0.3 is 10.1 Å². The van der Waals surface area contributed by atoms with Crippen molar-refractivity contribution in [2.45, 2.75) is 38.8 Å². The summed E-state index contributed by atoms with van der Waals surface area (Å²) in [5.74, 6) is 1.91. The highest BCUT2D eigenvalue weighted by atomic mass is 16.5. The molecule has 1 N–H and O–H groups in total. The van der Waals surface area contributed by atoms with Crippen molar-refractivity contribution in [1.82, 2.24) is 5.32 Å². The van der Waals surface area contributed by atoms with E-state index < -0.39 is 0 Å². The first kappa shape index (κ1) is 13.4. The van der Waals surface area contributed by atoms with Crippen molar-refractivity contribution in [3.8, 4) is 5.75 Å². The molecule has 1 atom stereocenters. The smallest absolute Gasteiger partial charge is 0.119 e. The first-order chi connectivity index (χ1) is 9.74. The Morgan fingerprint density at radius 3 is 2.65 bits per heavy atom. The highest BCUT2D eigenvalue weighted by molar-refractivity contribution is 5.84. The predicted molar refractivity (Wildman–Crippen MR) is 84.1 cm³/mol. The Balaban J connectivity index is 1.65. The molecule has 1 aliphatic carbocycles. The summed E-state index contributed by atoms with van der Waals surface area (Å²) in [4.78, 5) is 0. The Morgan fingerprint density at radius 1 is 1.15 bits per heavy atom. The fraction of sp³-hybridized carbons (Fsp3) is 0.444. The molecule has 0 bridgehead atoms. The van der Waals surface area contributed by atoms with Crippen LogP contribution in [0.1, 0.15) is 31.7 Å². The molecule has 106 valence electrons. The van der Waals surface area contributed by atoms with Gasteiger partial charge in [0, 0.05) is 12.6 Å². The minimum absolute atomic E-state index is 0.620. The van der Waals surface area contributed by atoms with Gasteiger partial charge in [-0.05, 0) is 53.8 Å². The SMILES string of the molecule is COc1ccc2cc(CNC(C)CC3CC3)ccc2c1. The van der Waals surface area contributed by atoms with Gasteiger partial charge in [0.1, 0.15) is 5.75 Å². The summed E-state index contributed by atoms with van der Waals surface area (Å²) < 4.78 is 5.26. The first-order valence-corrected chi connectivity index (χ1v) is 7.54. The molecule has 0 heterocycles. The van der Waals surface area contributed by atoms with Crippen LogP contribution >= 0.6 is 0 Å². The van der Waals surface area contributed by atoms with E-state index in [0.717, 1.165) is 18.2 Å². The van der Waals surface area contributed by atoms with E-state index in [2.05, 4.69) is 42.6 Å². The van der Waals surface area contributed by atoms with E-state index in [-0.39, 0.29) is 0 Å². The molecule has 1 fully saturated rings. The van der Waals surface area contributed by atoms with Gasteiger partial charge in [-0.25, -0.2) is 0 Å². The lowest BCUT2D eigenvalue weighted by molar-refractivity contribution is 0.415. The Kier molecular flexibility index (Phi) is 3.93. The van der Waals surface area contributed by atoms with Gasteiger partial charge in [-0.3, -0.25) is 0 Å². The Morgan fingerprint density at radius 2 is 1.90 bits per heavy atom. The molecule has 0 aliphatic heterocycles. The van der Waals surface area contributed by atoms with Crippen LogP contribution in [0.15, 0.2) is 36.4 Å². The Hall–Kier alpha value is -1.54. The number of fused-ring (bicyclic) bond motifs is 1. The van der Waals surface area contributed by atoms with Crippen molar-refractivity contribution >= 4 is 10.8 Å². The lowest BCUT2D eigenvalue weighted by Gasteiger charge is -2.13. The van der Waals surface area contributed by atoms with Crippen LogP contribution in [0.4, 0.5) is 0 Å². The van der Waals surface area contributed by atoms with Crippen LogP contribution in [0.5, 0.6) is 5.75 Å². The molecule has 0 aromatic heterocycles. The number of hydrogen-bond donors (Lipinski definition) is 1. The van der Waals surface area contributed by atoms with Gasteiger partial charge in [0.05, 0.1) is 7.11 Å². The maximum absolute atomic E-state index is 5.26. The van der Waals surface area contributed by atoms with Crippen molar-refractivity contribution < 1.29 is 4.74 Å². The van der Waals surface area contributed by atoms with E-state index in [4.69, 9.17) is 4.74 Å². The molecule has 1 unspecified atom stereocenters. The van der Waals surface area contributed by atoms with E-state index in [1.807, 2.05) is 6.07 Å². The zero-order valence-corrected chi connectivity index (χ0v) is 12.4. The zero-order valence-electron chi connectivity index (χ0n) is 12.4. The highest BCUT2D eigenvalue weighted by Crippen LogP contribution is 2.33. The van der Waals surface area contributed by atoms with Crippen molar-refractivity contribution in [2.75, 3.05) is 7.11 Å². The predicted octanol–water partition coefficient (Wildman–Crippen LogP) is 4.13. The number of nitrogens with one attached hydrogen (secondary N) is 1. The molecule has 2 aromatic carbocycles. The van der Waals surface area contributed by atoms with Crippen LogP contribution in [0.2, 0.25) is 0 Å². The van der Waals surface area contributed by atoms with E-state index >= 15 is 0 Å². The monoisotopic (exact) mass is 269 g/mol. The summed E-state index contributed by atoms with van der Waals surface area (Å²) in [6.07, 6.45) is 4.19. The third kappa shape index (κ3) is 3.31. The van der Waals surface area contributed by atoms with E-state index in [9.17, 15) is 0 Å². The number of methoxy groups -OCH3 is 1. The topological polar surface area (TPSA) is 21.3 Å². The molecule has 0 spiro atoms. The van der Waals surface area contributed by atoms with E-state index in [1.165, 1.54) is 35.6 Å². The molecule has 20 heavy (non-hydrogen) atoms. The molecule has 3 rings (SSSR count). The second-order valence-corrected chi connectivity index (χ2v) is 6.01. The van der Waals surface area contributed by atoms with Crippen molar-refractivity contribution in [3.05, 3.63) is 42.0 Å². The average molecular weight is 269 g/mol. The van der Waals surface area contributed by atoms with Gasteiger partial charge in [-0.1, -0.05) is 31.0 Å². The minimum Gasteiger partial charge on any atom is -0.497 e. The van der Waals surface area contributed by atoms with Crippen LogP contribution in [-0.4, -0.2) is 13.2 Å². The lowest BCUT2D eigenvalue weighted by atomic mass is 10.1. The van der Waals surface area contributed by atoms with Gasteiger partial charge in [-0.2, -0.15) is 0 Å². The maximum Gasteiger partial charge on any atom is 0.119 e. The first-order valence-electron chi connectivity index (χ1n) is 7.54. The van der Waals surface area contributed by atoms with Crippen LogP contribution in [-0.2, 0) is 6.54 Å². The van der Waals surface area contributed by atoms with Crippen LogP contribution in [0.25, 0.3) is 10.8 Å². The summed E-state index contributed by atoms with van der Waals surface area (Å²) in [6.45, 7) is 3.25. The average Bonchev–Trinajstić information content (AvgIpc) is 3.28. The fourth-order valence-corrected chi connectivity index (χ4v) is 2.74. The van der Waals surface area contributed by atoms with Gasteiger partial charge in [0.2, 0.25) is 0 Å². The van der Waals surface area contributed by atoms with Crippen molar-refractivity contribution in [3.63, 3.8) is 0 Å². The van der Waals surface area contributed by atoms with Crippen LogP contribution in [0.3, 0.4) is 0 Å². The molecule has 1 aliphatic rings. The highest BCUT2D eigenvalue weighted by Gasteiger charge is 2.23. The quantitative estimate of drug-likeness (QED) is 0.851. The minimum atomic E-state index is 0.620. The molecule has 0 radical (unpaired) electrons. The molecule has 0 amide bonds. The van der Waals surface area contributed by atoms with Gasteiger partial charge in [-0.15, -0.1) is 0 Å². The maximum atomic E-state index is 5.26. The standard InChI is InChI=1S/C18H23NO/c1-13(9-14-3-4-14)19-12-15-5-6-17-11-18(20-2)8-7-16(17)10-15/h5-8,10-11,13-14,19H,3-4,9,12H2,1-2H3. The summed E-state index contributed by atoms with van der Waals surface area (Å²) in [6, 6.07) is 13.5. The fourth-order valence-electron chi connectivity index (χ4n) is 2.74. The molecule has 2 heteroatoms. The third-order valence-electron chi connectivity index (χ3n) is 4.15. The second kappa shape index (κ2) is 5.84. The van der Waals surface area contributed by atoms with E-state index in [0.29, 0.717) is 6.04 Å². The second-order valence-electron chi connectivity index (χ2n) is 6.01. The number of benzene rings is 2. The van der Waals surface area contributed by atoms with Crippen LogP contribution < -0.4 is 10.1 Å². The van der Waals surface area contributed by atoms with E-state index in [1.54, 1.807) is 7.11 Å². The summed E-state index contributed by atoms with van der Waals surface area (Å²) in [7, 11) is 1.71. The summed E-state index contributed by atoms with van der Waals surface area (Å²) >= 11 is 0. The Labute approximate surface area is 121 Å². The Bertz CT molecular complexity index is 589. The number of ether oxygens (including phenoxy) is 1. The van der Waals surface area contributed by atoms with Gasteiger partial charge in [0.25, 0.3) is 0 Å². The normalized spacial score (nSPS) is 16.3. The zero-order chi connectivity index (χ0) is 13.9. The largest absolute Gasteiger partial charge is 0.497 e.